The van der Waals surface area contributed by atoms with E-state index in [0.29, 0.717) is 11.5 Å². The number of ether oxygens (including phenoxy) is 2. The van der Waals surface area contributed by atoms with Crippen LogP contribution in [0, 0.1) is 10.1 Å². The van der Waals surface area contributed by atoms with Crippen LogP contribution in [-0.2, 0) is 4.79 Å². The Morgan fingerprint density at radius 1 is 1.22 bits per heavy atom. The van der Waals surface area contributed by atoms with Gasteiger partial charge in [-0.05, 0) is 37.3 Å². The molecule has 0 bridgehead atoms. The Labute approximate surface area is 139 Å². The zero-order valence-corrected chi connectivity index (χ0v) is 13.5. The van der Waals surface area contributed by atoms with Gasteiger partial charge in [-0.1, -0.05) is 15.9 Å². The Morgan fingerprint density at radius 3 is 2.39 bits per heavy atom. The molecule has 2 rings (SSSR count). The van der Waals surface area contributed by atoms with Crippen LogP contribution < -0.4 is 9.47 Å². The van der Waals surface area contributed by atoms with Gasteiger partial charge in [-0.25, -0.2) is 4.79 Å². The van der Waals surface area contributed by atoms with Crippen LogP contribution in [0.3, 0.4) is 0 Å². The predicted octanol–water partition coefficient (Wildman–Crippen LogP) is 4.00. The summed E-state index contributed by atoms with van der Waals surface area (Å²) in [6, 6.07) is 10.9. The lowest BCUT2D eigenvalue weighted by Gasteiger charge is -2.12. The third-order valence-electron chi connectivity index (χ3n) is 2.83. The number of hydrogen-bond donors (Lipinski definition) is 1. The Kier molecular flexibility index (Phi) is 5.17. The first-order valence-corrected chi connectivity index (χ1v) is 7.27. The molecule has 0 aromatic heterocycles. The van der Waals surface area contributed by atoms with Gasteiger partial charge < -0.3 is 14.6 Å². The van der Waals surface area contributed by atoms with Crippen LogP contribution in [0.4, 0.5) is 5.69 Å². The standard InChI is InChI=1S/C15H12BrNO6/c1-9(15(18)19)22-14-8-12(6-7-13(14)17(20)21)23-11-4-2-10(16)3-5-11/h2-9H,1H3,(H,18,19). The van der Waals surface area contributed by atoms with E-state index in [4.69, 9.17) is 14.6 Å². The zero-order valence-electron chi connectivity index (χ0n) is 11.9. The summed E-state index contributed by atoms with van der Waals surface area (Å²) < 4.78 is 11.6. The summed E-state index contributed by atoms with van der Waals surface area (Å²) >= 11 is 3.30. The molecule has 0 aliphatic rings. The summed E-state index contributed by atoms with van der Waals surface area (Å²) in [5.41, 5.74) is -0.332. The molecule has 0 amide bonds. The molecule has 0 aliphatic carbocycles. The van der Waals surface area contributed by atoms with Gasteiger partial charge in [-0.15, -0.1) is 0 Å². The number of nitro benzene ring substituents is 1. The number of carbonyl (C=O) groups is 1. The quantitative estimate of drug-likeness (QED) is 0.599. The third-order valence-corrected chi connectivity index (χ3v) is 3.36. The van der Waals surface area contributed by atoms with Crippen LogP contribution in [0.25, 0.3) is 0 Å². The molecule has 120 valence electrons. The fourth-order valence-corrected chi connectivity index (χ4v) is 1.95. The summed E-state index contributed by atoms with van der Waals surface area (Å²) in [7, 11) is 0. The van der Waals surface area contributed by atoms with E-state index in [2.05, 4.69) is 15.9 Å². The molecular weight excluding hydrogens is 370 g/mol. The normalized spacial score (nSPS) is 11.6. The van der Waals surface area contributed by atoms with Crippen molar-refractivity contribution in [3.63, 3.8) is 0 Å². The van der Waals surface area contributed by atoms with E-state index in [0.717, 1.165) is 4.47 Å². The Bertz CT molecular complexity index is 731. The molecule has 0 saturated carbocycles. The second kappa shape index (κ2) is 7.10. The highest BCUT2D eigenvalue weighted by Gasteiger charge is 2.21. The number of benzene rings is 2. The molecule has 2 aromatic carbocycles. The molecule has 1 N–H and O–H groups in total. The van der Waals surface area contributed by atoms with Crippen molar-refractivity contribution >= 4 is 27.6 Å². The Morgan fingerprint density at radius 2 is 1.83 bits per heavy atom. The second-order valence-electron chi connectivity index (χ2n) is 4.54. The van der Waals surface area contributed by atoms with E-state index >= 15 is 0 Å². The van der Waals surface area contributed by atoms with E-state index in [1.54, 1.807) is 24.3 Å². The lowest BCUT2D eigenvalue weighted by molar-refractivity contribution is -0.386. The number of nitrogens with zero attached hydrogens (tertiary/aromatic N) is 1. The maximum atomic E-state index is 11.0. The SMILES string of the molecule is CC(Oc1cc(Oc2ccc(Br)cc2)ccc1[N+](=O)[O-])C(=O)O. The van der Waals surface area contributed by atoms with Gasteiger partial charge in [0.15, 0.2) is 6.10 Å². The van der Waals surface area contributed by atoms with Crippen molar-refractivity contribution in [2.24, 2.45) is 0 Å². The van der Waals surface area contributed by atoms with Gasteiger partial charge >= 0.3 is 11.7 Å². The number of hydrogen-bond acceptors (Lipinski definition) is 5. The Hall–Kier alpha value is -2.61. The number of halogens is 1. The molecule has 0 fully saturated rings. The number of rotatable bonds is 6. The minimum absolute atomic E-state index is 0.167. The van der Waals surface area contributed by atoms with Gasteiger partial charge in [0.2, 0.25) is 5.75 Å². The van der Waals surface area contributed by atoms with Gasteiger partial charge in [0.05, 0.1) is 4.92 Å². The first kappa shape index (κ1) is 16.8. The molecule has 8 heteroatoms. The molecule has 2 aromatic rings. The number of carboxylic acid groups (broad SMARTS) is 1. The van der Waals surface area contributed by atoms with Crippen molar-refractivity contribution in [2.45, 2.75) is 13.0 Å². The van der Waals surface area contributed by atoms with Crippen LogP contribution in [0.15, 0.2) is 46.9 Å². The van der Waals surface area contributed by atoms with Crippen molar-refractivity contribution in [2.75, 3.05) is 0 Å². The van der Waals surface area contributed by atoms with Crippen molar-refractivity contribution in [1.29, 1.82) is 0 Å². The van der Waals surface area contributed by atoms with Crippen molar-refractivity contribution in [3.05, 3.63) is 57.1 Å². The van der Waals surface area contributed by atoms with Gasteiger partial charge in [0, 0.05) is 16.6 Å². The monoisotopic (exact) mass is 381 g/mol. The van der Waals surface area contributed by atoms with Crippen LogP contribution in [0.5, 0.6) is 17.2 Å². The molecule has 1 atom stereocenters. The summed E-state index contributed by atoms with van der Waals surface area (Å²) in [6.07, 6.45) is -1.23. The molecular formula is C15H12BrNO6. The largest absolute Gasteiger partial charge is 0.479 e. The fourth-order valence-electron chi connectivity index (χ4n) is 1.68. The molecule has 7 nitrogen and oxygen atoms in total. The minimum Gasteiger partial charge on any atom is -0.479 e. The maximum Gasteiger partial charge on any atom is 0.344 e. The summed E-state index contributed by atoms with van der Waals surface area (Å²) in [4.78, 5) is 21.2. The summed E-state index contributed by atoms with van der Waals surface area (Å²) in [6.45, 7) is 1.29. The molecule has 0 radical (unpaired) electrons. The lowest BCUT2D eigenvalue weighted by atomic mass is 10.2. The summed E-state index contributed by atoms with van der Waals surface area (Å²) in [5.74, 6) is -0.567. The van der Waals surface area contributed by atoms with E-state index in [1.165, 1.54) is 25.1 Å². The molecule has 23 heavy (non-hydrogen) atoms. The maximum absolute atomic E-state index is 11.0. The number of nitro groups is 1. The van der Waals surface area contributed by atoms with E-state index < -0.39 is 17.0 Å². The molecule has 1 unspecified atom stereocenters. The third kappa shape index (κ3) is 4.43. The summed E-state index contributed by atoms with van der Waals surface area (Å²) in [5, 5.41) is 19.9. The van der Waals surface area contributed by atoms with E-state index in [9.17, 15) is 14.9 Å². The van der Waals surface area contributed by atoms with E-state index in [1.807, 2.05) is 0 Å². The molecule has 0 spiro atoms. The van der Waals surface area contributed by atoms with E-state index in [-0.39, 0.29) is 11.4 Å². The Balaban J connectivity index is 2.29. The lowest BCUT2D eigenvalue weighted by Crippen LogP contribution is -2.23. The average Bonchev–Trinajstić information content (AvgIpc) is 2.49. The van der Waals surface area contributed by atoms with Crippen LogP contribution in [0.1, 0.15) is 6.92 Å². The van der Waals surface area contributed by atoms with Crippen molar-refractivity contribution in [3.8, 4) is 17.2 Å². The van der Waals surface area contributed by atoms with Crippen LogP contribution >= 0.6 is 15.9 Å². The highest BCUT2D eigenvalue weighted by Crippen LogP contribution is 2.34. The molecule has 0 aliphatic heterocycles. The van der Waals surface area contributed by atoms with Gasteiger partial charge in [0.1, 0.15) is 11.5 Å². The first-order chi connectivity index (χ1) is 10.9. The van der Waals surface area contributed by atoms with Crippen molar-refractivity contribution in [1.82, 2.24) is 0 Å². The number of aliphatic carboxylic acids is 1. The molecule has 0 saturated heterocycles. The average molecular weight is 382 g/mol. The fraction of sp³-hybridized carbons (Fsp3) is 0.133. The zero-order chi connectivity index (χ0) is 17.0. The van der Waals surface area contributed by atoms with Crippen LogP contribution in [0.2, 0.25) is 0 Å². The highest BCUT2D eigenvalue weighted by atomic mass is 79.9. The smallest absolute Gasteiger partial charge is 0.344 e. The topological polar surface area (TPSA) is 98.9 Å². The van der Waals surface area contributed by atoms with Crippen LogP contribution in [-0.4, -0.2) is 22.1 Å². The van der Waals surface area contributed by atoms with Gasteiger partial charge in [-0.2, -0.15) is 0 Å². The van der Waals surface area contributed by atoms with Crippen molar-refractivity contribution < 1.29 is 24.3 Å². The van der Waals surface area contributed by atoms with Gasteiger partial charge in [-0.3, -0.25) is 10.1 Å². The van der Waals surface area contributed by atoms with Gasteiger partial charge in [0.25, 0.3) is 0 Å². The molecule has 0 heterocycles. The first-order valence-electron chi connectivity index (χ1n) is 6.48. The predicted molar refractivity (Wildman–Crippen MR) is 85.0 cm³/mol. The highest BCUT2D eigenvalue weighted by molar-refractivity contribution is 9.10. The minimum atomic E-state index is -1.23. The second-order valence-corrected chi connectivity index (χ2v) is 5.46. The number of carboxylic acids is 1.